The van der Waals surface area contributed by atoms with Crippen molar-refractivity contribution in [2.75, 3.05) is 11.9 Å². The highest BCUT2D eigenvalue weighted by Gasteiger charge is 2.10. The normalized spacial score (nSPS) is 10.3. The third-order valence-electron chi connectivity index (χ3n) is 3.04. The lowest BCUT2D eigenvalue weighted by atomic mass is 10.1. The van der Waals surface area contributed by atoms with E-state index in [-0.39, 0.29) is 5.69 Å². The highest BCUT2D eigenvalue weighted by Crippen LogP contribution is 2.21. The van der Waals surface area contributed by atoms with Gasteiger partial charge in [-0.3, -0.25) is 4.79 Å². The molecule has 3 rings (SSSR count). The van der Waals surface area contributed by atoms with Gasteiger partial charge in [-0.05, 0) is 43.3 Å². The molecule has 0 saturated heterocycles. The zero-order chi connectivity index (χ0) is 16.1. The van der Waals surface area contributed by atoms with E-state index in [2.05, 4.69) is 25.2 Å². The number of amides is 1. The van der Waals surface area contributed by atoms with Crippen LogP contribution in [0, 0.1) is 0 Å². The van der Waals surface area contributed by atoms with Gasteiger partial charge in [0.05, 0.1) is 12.3 Å². The summed E-state index contributed by atoms with van der Waals surface area (Å²) in [5.41, 5.74) is 1.80. The van der Waals surface area contributed by atoms with Crippen molar-refractivity contribution in [3.8, 4) is 17.0 Å². The van der Waals surface area contributed by atoms with Crippen LogP contribution in [0.1, 0.15) is 17.4 Å². The molecule has 0 bridgehead atoms. The van der Waals surface area contributed by atoms with Gasteiger partial charge in [-0.1, -0.05) is 5.16 Å². The van der Waals surface area contributed by atoms with Crippen LogP contribution in [0.3, 0.4) is 0 Å². The monoisotopic (exact) mass is 310 g/mol. The molecule has 1 aromatic carbocycles. The maximum absolute atomic E-state index is 11.8. The summed E-state index contributed by atoms with van der Waals surface area (Å²) in [4.78, 5) is 11.8. The second-order valence-electron chi connectivity index (χ2n) is 4.60. The SMILES string of the molecule is CCOc1ccc(-c2ccc(NC(=O)c3ccon3)nn2)cc1. The van der Waals surface area contributed by atoms with Gasteiger partial charge in [0.2, 0.25) is 0 Å². The maximum atomic E-state index is 11.8. The molecule has 116 valence electrons. The molecule has 3 aromatic rings. The summed E-state index contributed by atoms with van der Waals surface area (Å²) in [6.07, 6.45) is 1.33. The van der Waals surface area contributed by atoms with Gasteiger partial charge in [0.25, 0.3) is 5.91 Å². The predicted molar refractivity (Wildman–Crippen MR) is 83.1 cm³/mol. The number of nitrogens with one attached hydrogen (secondary N) is 1. The summed E-state index contributed by atoms with van der Waals surface area (Å²) >= 11 is 0. The van der Waals surface area contributed by atoms with E-state index in [1.807, 2.05) is 31.2 Å². The molecule has 0 aliphatic carbocycles. The van der Waals surface area contributed by atoms with Crippen LogP contribution in [0.15, 0.2) is 53.3 Å². The van der Waals surface area contributed by atoms with Crippen molar-refractivity contribution in [1.82, 2.24) is 15.4 Å². The zero-order valence-electron chi connectivity index (χ0n) is 12.4. The van der Waals surface area contributed by atoms with Gasteiger partial charge in [0.1, 0.15) is 12.0 Å². The molecule has 7 nitrogen and oxygen atoms in total. The summed E-state index contributed by atoms with van der Waals surface area (Å²) in [7, 11) is 0. The van der Waals surface area contributed by atoms with Crippen molar-refractivity contribution in [2.45, 2.75) is 6.92 Å². The number of carbonyl (C=O) groups excluding carboxylic acids is 1. The number of aromatic nitrogens is 3. The molecular weight excluding hydrogens is 296 g/mol. The molecule has 0 fully saturated rings. The summed E-state index contributed by atoms with van der Waals surface area (Å²) in [6.45, 7) is 2.56. The van der Waals surface area contributed by atoms with E-state index < -0.39 is 5.91 Å². The summed E-state index contributed by atoms with van der Waals surface area (Å²) in [5.74, 6) is 0.746. The van der Waals surface area contributed by atoms with E-state index in [4.69, 9.17) is 4.74 Å². The van der Waals surface area contributed by atoms with Crippen LogP contribution in [0.2, 0.25) is 0 Å². The van der Waals surface area contributed by atoms with Gasteiger partial charge in [-0.15, -0.1) is 10.2 Å². The molecule has 1 N–H and O–H groups in total. The summed E-state index contributed by atoms with van der Waals surface area (Å²) < 4.78 is 10.0. The first-order chi connectivity index (χ1) is 11.3. The van der Waals surface area contributed by atoms with E-state index >= 15 is 0 Å². The number of hydrogen-bond acceptors (Lipinski definition) is 6. The summed E-state index contributed by atoms with van der Waals surface area (Å²) in [6, 6.07) is 12.5. The van der Waals surface area contributed by atoms with Crippen LogP contribution in [-0.2, 0) is 0 Å². The van der Waals surface area contributed by atoms with Crippen molar-refractivity contribution in [2.24, 2.45) is 0 Å². The Morgan fingerprint density at radius 2 is 1.96 bits per heavy atom. The Balaban J connectivity index is 1.70. The quantitative estimate of drug-likeness (QED) is 0.779. The first-order valence-corrected chi connectivity index (χ1v) is 7.05. The fourth-order valence-electron chi connectivity index (χ4n) is 1.95. The van der Waals surface area contributed by atoms with Crippen molar-refractivity contribution < 1.29 is 14.1 Å². The summed E-state index contributed by atoms with van der Waals surface area (Å²) in [5, 5.41) is 14.2. The molecule has 7 heteroatoms. The molecule has 2 aromatic heterocycles. The molecule has 0 saturated carbocycles. The zero-order valence-corrected chi connectivity index (χ0v) is 12.4. The van der Waals surface area contributed by atoms with Gasteiger partial charge >= 0.3 is 0 Å². The van der Waals surface area contributed by atoms with E-state index in [9.17, 15) is 4.79 Å². The van der Waals surface area contributed by atoms with E-state index in [0.717, 1.165) is 11.3 Å². The second kappa shape index (κ2) is 6.69. The molecular formula is C16H14N4O3. The average Bonchev–Trinajstić information content (AvgIpc) is 3.11. The largest absolute Gasteiger partial charge is 0.494 e. The van der Waals surface area contributed by atoms with Crippen LogP contribution in [0.4, 0.5) is 5.82 Å². The maximum Gasteiger partial charge on any atom is 0.279 e. The third kappa shape index (κ3) is 3.52. The van der Waals surface area contributed by atoms with Crippen LogP contribution >= 0.6 is 0 Å². The minimum atomic E-state index is -0.401. The minimum Gasteiger partial charge on any atom is -0.494 e. The van der Waals surface area contributed by atoms with Crippen molar-refractivity contribution in [3.05, 3.63) is 54.4 Å². The molecule has 0 spiro atoms. The van der Waals surface area contributed by atoms with Crippen molar-refractivity contribution >= 4 is 11.7 Å². The number of anilines is 1. The number of benzene rings is 1. The van der Waals surface area contributed by atoms with Gasteiger partial charge in [0.15, 0.2) is 11.5 Å². The Hall–Kier alpha value is -3.22. The Bertz CT molecular complexity index is 768. The Labute approximate surface area is 132 Å². The van der Waals surface area contributed by atoms with Crippen LogP contribution in [-0.4, -0.2) is 27.9 Å². The fourth-order valence-corrected chi connectivity index (χ4v) is 1.95. The van der Waals surface area contributed by atoms with E-state index in [0.29, 0.717) is 18.1 Å². The standard InChI is InChI=1S/C16H14N4O3/c1-2-22-12-5-3-11(4-6-12)13-7-8-15(19-18-13)17-16(21)14-9-10-23-20-14/h3-10H,2H2,1H3,(H,17,19,21). The van der Waals surface area contributed by atoms with Gasteiger partial charge in [-0.25, -0.2) is 0 Å². The predicted octanol–water partition coefficient (Wildman–Crippen LogP) is 2.78. The van der Waals surface area contributed by atoms with E-state index in [1.165, 1.54) is 12.3 Å². The lowest BCUT2D eigenvalue weighted by Crippen LogP contribution is -2.13. The first kappa shape index (κ1) is 14.7. The lowest BCUT2D eigenvalue weighted by molar-refractivity contribution is 0.101. The minimum absolute atomic E-state index is 0.183. The molecule has 2 heterocycles. The Morgan fingerprint density at radius 3 is 2.57 bits per heavy atom. The fraction of sp³-hybridized carbons (Fsp3) is 0.125. The van der Waals surface area contributed by atoms with Crippen LogP contribution < -0.4 is 10.1 Å². The Kier molecular flexibility index (Phi) is 4.28. The number of carbonyl (C=O) groups is 1. The van der Waals surface area contributed by atoms with Gasteiger partial charge in [0, 0.05) is 11.6 Å². The molecule has 0 unspecified atom stereocenters. The van der Waals surface area contributed by atoms with Crippen molar-refractivity contribution in [3.63, 3.8) is 0 Å². The highest BCUT2D eigenvalue weighted by atomic mass is 16.5. The van der Waals surface area contributed by atoms with E-state index in [1.54, 1.807) is 12.1 Å². The number of ether oxygens (including phenoxy) is 1. The van der Waals surface area contributed by atoms with Crippen LogP contribution in [0.5, 0.6) is 5.75 Å². The average molecular weight is 310 g/mol. The third-order valence-corrected chi connectivity index (χ3v) is 3.04. The Morgan fingerprint density at radius 1 is 1.13 bits per heavy atom. The number of nitrogens with zero attached hydrogens (tertiary/aromatic N) is 3. The molecule has 0 atom stereocenters. The number of hydrogen-bond donors (Lipinski definition) is 1. The van der Waals surface area contributed by atoms with Gasteiger partial charge in [-0.2, -0.15) is 0 Å². The molecule has 0 aliphatic rings. The number of rotatable bonds is 5. The molecule has 1 amide bonds. The smallest absolute Gasteiger partial charge is 0.279 e. The second-order valence-corrected chi connectivity index (χ2v) is 4.60. The molecule has 23 heavy (non-hydrogen) atoms. The van der Waals surface area contributed by atoms with Crippen LogP contribution in [0.25, 0.3) is 11.3 Å². The molecule has 0 aliphatic heterocycles. The van der Waals surface area contributed by atoms with Gasteiger partial charge < -0.3 is 14.6 Å². The first-order valence-electron chi connectivity index (χ1n) is 7.05. The lowest BCUT2D eigenvalue weighted by Gasteiger charge is -2.05. The topological polar surface area (TPSA) is 90.1 Å². The highest BCUT2D eigenvalue weighted by molar-refractivity contribution is 6.02. The van der Waals surface area contributed by atoms with Crippen molar-refractivity contribution in [1.29, 1.82) is 0 Å². The molecule has 0 radical (unpaired) electrons.